The van der Waals surface area contributed by atoms with E-state index in [4.69, 9.17) is 4.42 Å². The molecule has 1 amide bonds. The van der Waals surface area contributed by atoms with Gasteiger partial charge in [-0.05, 0) is 37.6 Å². The standard InChI is InChI=1S/C14H12F3NO2/c1-8-3-4-10(7-11(8)14(15,16)17)18-13(19)12-9(2)5-6-20-12/h3-7H,1-2H3,(H,18,19). The molecule has 0 bridgehead atoms. The van der Waals surface area contributed by atoms with E-state index in [1.165, 1.54) is 25.3 Å². The van der Waals surface area contributed by atoms with Crippen molar-refractivity contribution < 1.29 is 22.4 Å². The number of anilines is 1. The first-order chi connectivity index (χ1) is 9.29. The molecule has 0 saturated heterocycles. The van der Waals surface area contributed by atoms with Crippen LogP contribution >= 0.6 is 0 Å². The maximum Gasteiger partial charge on any atom is 0.416 e. The highest BCUT2D eigenvalue weighted by Crippen LogP contribution is 2.33. The topological polar surface area (TPSA) is 42.2 Å². The Bertz CT molecular complexity index is 644. The molecule has 1 aromatic carbocycles. The van der Waals surface area contributed by atoms with Crippen LogP contribution in [0.4, 0.5) is 18.9 Å². The molecule has 106 valence electrons. The van der Waals surface area contributed by atoms with Crippen LogP contribution in [0.3, 0.4) is 0 Å². The van der Waals surface area contributed by atoms with Crippen LogP contribution in [0.15, 0.2) is 34.9 Å². The van der Waals surface area contributed by atoms with Crippen LogP contribution < -0.4 is 5.32 Å². The van der Waals surface area contributed by atoms with Crippen molar-refractivity contribution in [3.63, 3.8) is 0 Å². The number of rotatable bonds is 2. The Kier molecular flexibility index (Phi) is 3.57. The third kappa shape index (κ3) is 2.84. The van der Waals surface area contributed by atoms with Gasteiger partial charge in [0.25, 0.3) is 5.91 Å². The van der Waals surface area contributed by atoms with Crippen LogP contribution in [0.2, 0.25) is 0 Å². The Morgan fingerprint density at radius 1 is 1.15 bits per heavy atom. The molecule has 0 saturated carbocycles. The number of benzene rings is 1. The fourth-order valence-electron chi connectivity index (χ4n) is 1.80. The van der Waals surface area contributed by atoms with Gasteiger partial charge < -0.3 is 9.73 Å². The second-order valence-electron chi connectivity index (χ2n) is 4.41. The molecule has 2 aromatic rings. The number of carbonyl (C=O) groups excluding carboxylic acids is 1. The van der Waals surface area contributed by atoms with Crippen molar-refractivity contribution in [3.05, 3.63) is 53.0 Å². The van der Waals surface area contributed by atoms with Gasteiger partial charge in [0.05, 0.1) is 11.8 Å². The lowest BCUT2D eigenvalue weighted by Crippen LogP contribution is -2.14. The SMILES string of the molecule is Cc1ccc(NC(=O)c2occc2C)cc1C(F)(F)F. The molecule has 0 fully saturated rings. The van der Waals surface area contributed by atoms with Gasteiger partial charge in [0, 0.05) is 11.3 Å². The molecule has 0 aliphatic heterocycles. The Morgan fingerprint density at radius 2 is 1.85 bits per heavy atom. The highest BCUT2D eigenvalue weighted by atomic mass is 19.4. The van der Waals surface area contributed by atoms with E-state index < -0.39 is 17.6 Å². The molecular formula is C14H12F3NO2. The summed E-state index contributed by atoms with van der Waals surface area (Å²) in [6.45, 7) is 3.04. The first-order valence-corrected chi connectivity index (χ1v) is 5.82. The molecule has 0 atom stereocenters. The smallest absolute Gasteiger partial charge is 0.416 e. The van der Waals surface area contributed by atoms with Crippen molar-refractivity contribution in [1.82, 2.24) is 0 Å². The summed E-state index contributed by atoms with van der Waals surface area (Å²) >= 11 is 0. The number of halogens is 3. The summed E-state index contributed by atoms with van der Waals surface area (Å²) in [7, 11) is 0. The number of carbonyl (C=O) groups is 1. The van der Waals surface area contributed by atoms with Crippen LogP contribution in [-0.2, 0) is 6.18 Å². The zero-order valence-electron chi connectivity index (χ0n) is 10.8. The Balaban J connectivity index is 2.27. The van der Waals surface area contributed by atoms with E-state index in [2.05, 4.69) is 5.32 Å². The number of alkyl halides is 3. The lowest BCUT2D eigenvalue weighted by atomic mass is 10.1. The monoisotopic (exact) mass is 283 g/mol. The number of hydrogen-bond acceptors (Lipinski definition) is 2. The summed E-state index contributed by atoms with van der Waals surface area (Å²) in [5.41, 5.74) is 0.0190. The highest BCUT2D eigenvalue weighted by Gasteiger charge is 2.32. The third-order valence-electron chi connectivity index (χ3n) is 2.87. The molecule has 3 nitrogen and oxygen atoms in total. The van der Waals surface area contributed by atoms with Crippen LogP contribution in [0.1, 0.15) is 27.2 Å². The van der Waals surface area contributed by atoms with Gasteiger partial charge in [0.2, 0.25) is 0 Å². The third-order valence-corrected chi connectivity index (χ3v) is 2.87. The summed E-state index contributed by atoms with van der Waals surface area (Å²) in [4.78, 5) is 11.9. The summed E-state index contributed by atoms with van der Waals surface area (Å²) in [5, 5.41) is 2.39. The normalized spacial score (nSPS) is 11.4. The molecule has 0 unspecified atom stereocenters. The van der Waals surface area contributed by atoms with Crippen molar-refractivity contribution in [2.75, 3.05) is 5.32 Å². The second kappa shape index (κ2) is 5.03. The molecule has 0 radical (unpaired) electrons. The van der Waals surface area contributed by atoms with E-state index in [0.29, 0.717) is 5.56 Å². The van der Waals surface area contributed by atoms with Gasteiger partial charge >= 0.3 is 6.18 Å². The maximum absolute atomic E-state index is 12.8. The molecule has 6 heteroatoms. The minimum atomic E-state index is -4.45. The number of furan rings is 1. The average Bonchev–Trinajstić information content (AvgIpc) is 2.76. The largest absolute Gasteiger partial charge is 0.459 e. The second-order valence-corrected chi connectivity index (χ2v) is 4.41. The van der Waals surface area contributed by atoms with Crippen LogP contribution in [0, 0.1) is 13.8 Å². The Hall–Kier alpha value is -2.24. The van der Waals surface area contributed by atoms with Crippen molar-refractivity contribution in [1.29, 1.82) is 0 Å². The van der Waals surface area contributed by atoms with Crippen molar-refractivity contribution in [2.45, 2.75) is 20.0 Å². The van der Waals surface area contributed by atoms with Crippen molar-refractivity contribution >= 4 is 11.6 Å². The fourth-order valence-corrected chi connectivity index (χ4v) is 1.80. The van der Waals surface area contributed by atoms with Gasteiger partial charge in [-0.3, -0.25) is 4.79 Å². The van der Waals surface area contributed by atoms with Crippen molar-refractivity contribution in [3.8, 4) is 0 Å². The summed E-state index contributed by atoms with van der Waals surface area (Å²) < 4.78 is 43.3. The average molecular weight is 283 g/mol. The van der Waals surface area contributed by atoms with E-state index >= 15 is 0 Å². The fraction of sp³-hybridized carbons (Fsp3) is 0.214. The van der Waals surface area contributed by atoms with Gasteiger partial charge in [-0.25, -0.2) is 0 Å². The van der Waals surface area contributed by atoms with Gasteiger partial charge in [-0.2, -0.15) is 13.2 Å². The molecular weight excluding hydrogens is 271 g/mol. The van der Waals surface area contributed by atoms with E-state index in [0.717, 1.165) is 6.07 Å². The van der Waals surface area contributed by atoms with E-state index in [9.17, 15) is 18.0 Å². The molecule has 20 heavy (non-hydrogen) atoms. The molecule has 1 heterocycles. The van der Waals surface area contributed by atoms with Crippen molar-refractivity contribution in [2.24, 2.45) is 0 Å². The van der Waals surface area contributed by atoms with Crippen LogP contribution in [0.5, 0.6) is 0 Å². The summed E-state index contributed by atoms with van der Waals surface area (Å²) in [6, 6.07) is 5.24. The van der Waals surface area contributed by atoms with Gasteiger partial charge in [0.15, 0.2) is 5.76 Å². The van der Waals surface area contributed by atoms with E-state index in [1.54, 1.807) is 13.0 Å². The maximum atomic E-state index is 12.8. The first kappa shape index (κ1) is 14.2. The van der Waals surface area contributed by atoms with Gasteiger partial charge in [0.1, 0.15) is 0 Å². The Labute approximate surface area is 113 Å². The van der Waals surface area contributed by atoms with Gasteiger partial charge in [-0.1, -0.05) is 6.07 Å². The lowest BCUT2D eigenvalue weighted by Gasteiger charge is -2.12. The molecule has 1 N–H and O–H groups in total. The number of amides is 1. The number of aryl methyl sites for hydroxylation is 2. The van der Waals surface area contributed by atoms with E-state index in [1.807, 2.05) is 0 Å². The lowest BCUT2D eigenvalue weighted by molar-refractivity contribution is -0.138. The molecule has 2 rings (SSSR count). The molecule has 0 spiro atoms. The number of hydrogen-bond donors (Lipinski definition) is 1. The highest BCUT2D eigenvalue weighted by molar-refractivity contribution is 6.03. The quantitative estimate of drug-likeness (QED) is 0.898. The summed E-state index contributed by atoms with van der Waals surface area (Å²) in [5.74, 6) is -0.497. The zero-order chi connectivity index (χ0) is 14.9. The minimum absolute atomic E-state index is 0.0729. The first-order valence-electron chi connectivity index (χ1n) is 5.82. The van der Waals surface area contributed by atoms with Crippen LogP contribution in [-0.4, -0.2) is 5.91 Å². The van der Waals surface area contributed by atoms with Crippen LogP contribution in [0.25, 0.3) is 0 Å². The predicted molar refractivity (Wildman–Crippen MR) is 67.6 cm³/mol. The molecule has 0 aliphatic carbocycles. The number of nitrogens with one attached hydrogen (secondary N) is 1. The minimum Gasteiger partial charge on any atom is -0.459 e. The zero-order valence-corrected chi connectivity index (χ0v) is 10.8. The van der Waals surface area contributed by atoms with Gasteiger partial charge in [-0.15, -0.1) is 0 Å². The molecule has 0 aliphatic rings. The summed E-state index contributed by atoms with van der Waals surface area (Å²) in [6.07, 6.45) is -3.11. The molecule has 1 aromatic heterocycles. The Morgan fingerprint density at radius 3 is 2.40 bits per heavy atom. The van der Waals surface area contributed by atoms with E-state index in [-0.39, 0.29) is 17.0 Å². The predicted octanol–water partition coefficient (Wildman–Crippen LogP) is 4.17.